The van der Waals surface area contributed by atoms with Crippen LogP contribution in [0.3, 0.4) is 0 Å². The molecule has 0 aromatic rings. The van der Waals surface area contributed by atoms with Gasteiger partial charge in [0.05, 0.1) is 0 Å². The minimum Gasteiger partial charge on any atom is -0.414 e. The Kier molecular flexibility index (Phi) is 14.4. The fraction of sp³-hybridized carbons (Fsp3) is 0.806. The minimum absolute atomic E-state index is 0.142. The Bertz CT molecular complexity index is 1820. The zero-order valence-corrected chi connectivity index (χ0v) is 31.5. The van der Waals surface area contributed by atoms with Gasteiger partial charge in [0.1, 0.15) is 11.1 Å². The molecule has 0 aromatic carbocycles. The summed E-state index contributed by atoms with van der Waals surface area (Å²) in [5.74, 6) is -48.0. The lowest BCUT2D eigenvalue weighted by Crippen LogP contribution is -2.89. The van der Waals surface area contributed by atoms with Gasteiger partial charge in [-0.3, -0.25) is 0 Å². The second-order valence-electron chi connectivity index (χ2n) is 14.3. The standard InChI is InChI=1S/C19H19F13O4.C12H7F13O4/c1-3-12(18(27,28)29)15(23,24)13(34,10-7-5-4-6-8-10)16(25,26)17(36-12,19(30,31)32)35-11(33)9(2)14(20,21)22;1-3(8(15,16)17)4(26)28-11(12(23,24)25)10(21,22)6(2,27)7(13,14)5(29-11)9(18,19)20/h10,34H,2-8H2,1H3;5,27H,1H2,2H3. The number of hydrogen-bond acceptors (Lipinski definition) is 8. The summed E-state index contributed by atoms with van der Waals surface area (Å²) in [6.07, 6.45) is -48.8. The topological polar surface area (TPSA) is 112 Å². The molecule has 34 heteroatoms. The van der Waals surface area contributed by atoms with E-state index < -0.39 is 150 Å². The molecule has 3 rings (SSSR count). The van der Waals surface area contributed by atoms with Gasteiger partial charge in [-0.2, -0.15) is 114 Å². The van der Waals surface area contributed by atoms with E-state index in [2.05, 4.69) is 18.9 Å². The molecule has 380 valence electrons. The van der Waals surface area contributed by atoms with Crippen molar-refractivity contribution in [1.29, 1.82) is 0 Å². The number of aliphatic hydroxyl groups is 2. The van der Waals surface area contributed by atoms with Crippen molar-refractivity contribution in [2.24, 2.45) is 5.92 Å². The van der Waals surface area contributed by atoms with Crippen LogP contribution in [-0.4, -0.2) is 117 Å². The Morgan fingerprint density at radius 3 is 1.28 bits per heavy atom. The van der Waals surface area contributed by atoms with Crippen LogP contribution < -0.4 is 0 Å². The first-order valence-corrected chi connectivity index (χ1v) is 16.9. The SMILES string of the molecule is C=C(C(=O)OC1(C(F)(F)F)OC(C(F)(F)F)C(F)(F)C(C)(O)C1(F)F)C(F)(F)F.C=C(C(=O)OC1(C(F)(F)F)OC(CC)(C(F)(F)F)C(F)(F)C(O)(C2CCCCC2)C1(F)F)C(F)(F)F. The van der Waals surface area contributed by atoms with E-state index in [1.807, 2.05) is 13.2 Å². The van der Waals surface area contributed by atoms with Gasteiger partial charge in [-0.05, 0) is 26.2 Å². The Morgan fingerprint density at radius 2 is 0.969 bits per heavy atom. The average Bonchev–Trinajstić information content (AvgIpc) is 3.09. The number of halogens is 26. The van der Waals surface area contributed by atoms with E-state index >= 15 is 17.6 Å². The van der Waals surface area contributed by atoms with Gasteiger partial charge in [0, 0.05) is 5.92 Å². The summed E-state index contributed by atoms with van der Waals surface area (Å²) in [6, 6.07) is 0. The zero-order chi connectivity index (χ0) is 52.0. The molecule has 0 amide bonds. The van der Waals surface area contributed by atoms with Crippen LogP contribution in [0.25, 0.3) is 0 Å². The molecule has 1 saturated carbocycles. The molecule has 2 heterocycles. The molecule has 2 saturated heterocycles. The average molecular weight is 1020 g/mol. The van der Waals surface area contributed by atoms with Crippen LogP contribution in [0.4, 0.5) is 114 Å². The third-order valence-corrected chi connectivity index (χ3v) is 10.3. The van der Waals surface area contributed by atoms with Gasteiger partial charge in [-0.1, -0.05) is 39.3 Å². The molecule has 3 aliphatic rings. The highest BCUT2D eigenvalue weighted by molar-refractivity contribution is 5.90. The number of carbonyl (C=O) groups excluding carboxylic acids is 2. The molecular weight excluding hydrogens is 994 g/mol. The van der Waals surface area contributed by atoms with E-state index in [0.717, 1.165) is 0 Å². The molecule has 6 unspecified atom stereocenters. The molecule has 1 aliphatic carbocycles. The first kappa shape index (κ1) is 57.6. The Morgan fingerprint density at radius 1 is 0.600 bits per heavy atom. The number of carbonyl (C=O) groups is 2. The summed E-state index contributed by atoms with van der Waals surface area (Å²) in [7, 11) is 0. The maximum absolute atomic E-state index is 15.6. The van der Waals surface area contributed by atoms with Gasteiger partial charge in [0.2, 0.25) is 17.3 Å². The van der Waals surface area contributed by atoms with Gasteiger partial charge in [0.15, 0.2) is 5.60 Å². The fourth-order valence-electron chi connectivity index (χ4n) is 6.65. The molecule has 65 heavy (non-hydrogen) atoms. The molecule has 0 bridgehead atoms. The van der Waals surface area contributed by atoms with Crippen LogP contribution in [-0.2, 0) is 28.5 Å². The van der Waals surface area contributed by atoms with Gasteiger partial charge >= 0.3 is 84.3 Å². The van der Waals surface area contributed by atoms with Crippen molar-refractivity contribution < 1.29 is 153 Å². The van der Waals surface area contributed by atoms with Crippen LogP contribution in [0.15, 0.2) is 24.3 Å². The predicted octanol–water partition coefficient (Wildman–Crippen LogP) is 10.1. The molecular formula is C31H26F26O8. The lowest BCUT2D eigenvalue weighted by atomic mass is 9.61. The van der Waals surface area contributed by atoms with Crippen LogP contribution >= 0.6 is 0 Å². The maximum atomic E-state index is 15.6. The summed E-state index contributed by atoms with van der Waals surface area (Å²) in [4.78, 5) is 23.0. The molecule has 0 aromatic heterocycles. The van der Waals surface area contributed by atoms with Gasteiger partial charge in [-0.15, -0.1) is 0 Å². The minimum atomic E-state index is -7.08. The fourth-order valence-corrected chi connectivity index (χ4v) is 6.65. The largest absolute Gasteiger partial charge is 0.462 e. The highest BCUT2D eigenvalue weighted by Crippen LogP contribution is 2.70. The number of alkyl halides is 26. The van der Waals surface area contributed by atoms with E-state index in [1.165, 1.54) is 0 Å². The molecule has 8 nitrogen and oxygen atoms in total. The maximum Gasteiger partial charge on any atom is 0.462 e. The second kappa shape index (κ2) is 16.3. The van der Waals surface area contributed by atoms with Gasteiger partial charge < -0.3 is 29.2 Å². The molecule has 2 N–H and O–H groups in total. The third-order valence-electron chi connectivity index (χ3n) is 10.3. The Labute approximate surface area is 343 Å². The zero-order valence-electron chi connectivity index (χ0n) is 31.5. The van der Waals surface area contributed by atoms with Crippen LogP contribution in [0.1, 0.15) is 52.4 Å². The van der Waals surface area contributed by atoms with Crippen LogP contribution in [0.5, 0.6) is 0 Å². The van der Waals surface area contributed by atoms with Crippen molar-refractivity contribution >= 4 is 11.9 Å². The molecule has 2 aliphatic heterocycles. The molecule has 3 fully saturated rings. The van der Waals surface area contributed by atoms with E-state index in [0.29, 0.717) is 0 Å². The van der Waals surface area contributed by atoms with Crippen molar-refractivity contribution in [2.75, 3.05) is 0 Å². The van der Waals surface area contributed by atoms with Crippen molar-refractivity contribution in [3.05, 3.63) is 24.3 Å². The lowest BCUT2D eigenvalue weighted by molar-refractivity contribution is -0.562. The van der Waals surface area contributed by atoms with E-state index in [9.17, 15) is 116 Å². The highest BCUT2D eigenvalue weighted by Gasteiger charge is 2.98. The Balaban J connectivity index is 0.000000458. The lowest BCUT2D eigenvalue weighted by Gasteiger charge is -2.62. The summed E-state index contributed by atoms with van der Waals surface area (Å²) in [6.45, 7) is 3.18. The number of esters is 2. The number of rotatable bonds is 6. The first-order chi connectivity index (χ1) is 28.3. The first-order valence-electron chi connectivity index (χ1n) is 16.9. The van der Waals surface area contributed by atoms with E-state index in [1.54, 1.807) is 0 Å². The summed E-state index contributed by atoms with van der Waals surface area (Å²) in [5, 5.41) is 19.9. The van der Waals surface area contributed by atoms with Crippen molar-refractivity contribution in [3.63, 3.8) is 0 Å². The third kappa shape index (κ3) is 8.43. The second-order valence-corrected chi connectivity index (χ2v) is 14.3. The Hall–Kier alpha value is -3.56. The van der Waals surface area contributed by atoms with Crippen LogP contribution in [0.2, 0.25) is 0 Å². The molecule has 6 atom stereocenters. The van der Waals surface area contributed by atoms with Gasteiger partial charge in [0.25, 0.3) is 0 Å². The normalized spacial score (nSPS) is 33.2. The van der Waals surface area contributed by atoms with E-state index in [-0.39, 0.29) is 26.2 Å². The van der Waals surface area contributed by atoms with Crippen molar-refractivity contribution in [1.82, 2.24) is 0 Å². The van der Waals surface area contributed by atoms with Gasteiger partial charge in [-0.25, -0.2) is 9.59 Å². The monoisotopic (exact) mass is 1020 g/mol. The smallest absolute Gasteiger partial charge is 0.414 e. The molecule has 0 radical (unpaired) electrons. The molecule has 0 spiro atoms. The van der Waals surface area contributed by atoms with Crippen LogP contribution in [0, 0.1) is 5.92 Å². The number of hydrogen-bond donors (Lipinski definition) is 2. The number of ether oxygens (including phenoxy) is 4. The van der Waals surface area contributed by atoms with Crippen molar-refractivity contribution in [3.8, 4) is 0 Å². The quantitative estimate of drug-likeness (QED) is 0.154. The van der Waals surface area contributed by atoms with Crippen molar-refractivity contribution in [2.45, 2.75) is 148 Å². The highest BCUT2D eigenvalue weighted by atomic mass is 19.4. The predicted molar refractivity (Wildman–Crippen MR) is 153 cm³/mol. The van der Waals surface area contributed by atoms with E-state index in [4.69, 9.17) is 0 Å². The summed E-state index contributed by atoms with van der Waals surface area (Å²) < 4.78 is 368. The summed E-state index contributed by atoms with van der Waals surface area (Å²) >= 11 is 0. The summed E-state index contributed by atoms with van der Waals surface area (Å²) in [5.41, 5.74) is -22.5.